The third-order valence-corrected chi connectivity index (χ3v) is 3.28. The number of para-hydroxylation sites is 1. The van der Waals surface area contributed by atoms with E-state index in [1.165, 1.54) is 0 Å². The summed E-state index contributed by atoms with van der Waals surface area (Å²) in [7, 11) is 0. The largest absolute Gasteiger partial charge is 0.361 e. The molecule has 0 atom stereocenters. The van der Waals surface area contributed by atoms with Crippen LogP contribution in [0.4, 0.5) is 11.4 Å². The number of amides is 1. The van der Waals surface area contributed by atoms with Crippen LogP contribution in [0.25, 0.3) is 0 Å². The minimum absolute atomic E-state index is 0.0920. The molecule has 4 nitrogen and oxygen atoms in total. The van der Waals surface area contributed by atoms with E-state index in [9.17, 15) is 4.79 Å². The molecule has 1 N–H and O–H groups in total. The van der Waals surface area contributed by atoms with Gasteiger partial charge in [-0.15, -0.1) is 0 Å². The second-order valence-electron chi connectivity index (χ2n) is 5.08. The molecular weight excluding hydrogens is 274 g/mol. The predicted molar refractivity (Wildman–Crippen MR) is 88.7 cm³/mol. The fourth-order valence-corrected chi connectivity index (χ4v) is 2.13. The van der Waals surface area contributed by atoms with Crippen molar-refractivity contribution in [3.8, 4) is 6.07 Å². The minimum Gasteiger partial charge on any atom is -0.361 e. The Balaban J connectivity index is 2.01. The van der Waals surface area contributed by atoms with Crippen molar-refractivity contribution >= 4 is 17.3 Å². The van der Waals surface area contributed by atoms with Gasteiger partial charge in [-0.1, -0.05) is 35.9 Å². The minimum atomic E-state index is -0.0920. The number of aryl methyl sites for hydroxylation is 1. The average molecular weight is 293 g/mol. The molecule has 2 rings (SSSR count). The first kappa shape index (κ1) is 15.6. The normalized spacial score (nSPS) is 9.82. The van der Waals surface area contributed by atoms with Crippen LogP contribution in [0.15, 0.2) is 54.6 Å². The van der Waals surface area contributed by atoms with E-state index in [0.717, 1.165) is 16.9 Å². The van der Waals surface area contributed by atoms with Gasteiger partial charge in [0.15, 0.2) is 0 Å². The molecule has 0 radical (unpaired) electrons. The fourth-order valence-electron chi connectivity index (χ4n) is 2.13. The van der Waals surface area contributed by atoms with E-state index in [4.69, 9.17) is 5.26 Å². The number of nitrogens with zero attached hydrogens (tertiary/aromatic N) is 2. The van der Waals surface area contributed by atoms with Gasteiger partial charge in [-0.05, 0) is 31.2 Å². The highest BCUT2D eigenvalue weighted by molar-refractivity contribution is 5.94. The fraction of sp³-hybridized carbons (Fsp3) is 0.222. The number of anilines is 2. The first-order valence-corrected chi connectivity index (χ1v) is 7.22. The second kappa shape index (κ2) is 7.84. The summed E-state index contributed by atoms with van der Waals surface area (Å²) in [6, 6.07) is 19.5. The van der Waals surface area contributed by atoms with Crippen LogP contribution in [0.5, 0.6) is 0 Å². The lowest BCUT2D eigenvalue weighted by Gasteiger charge is -2.23. The number of nitriles is 1. The zero-order valence-corrected chi connectivity index (χ0v) is 12.6. The Labute approximate surface area is 131 Å². The standard InChI is InChI=1S/C18H19N3O/c1-15-8-10-16(11-9-15)20-18(22)14-21(13-5-12-19)17-6-3-2-4-7-17/h2-4,6-11H,5,13-14H2,1H3,(H,20,22). The number of hydrogen-bond donors (Lipinski definition) is 1. The van der Waals surface area contributed by atoms with E-state index >= 15 is 0 Å². The number of rotatable bonds is 6. The maximum absolute atomic E-state index is 12.2. The quantitative estimate of drug-likeness (QED) is 0.888. The first-order chi connectivity index (χ1) is 10.7. The molecule has 0 bridgehead atoms. The number of hydrogen-bond acceptors (Lipinski definition) is 3. The predicted octanol–water partition coefficient (Wildman–Crippen LogP) is 3.35. The van der Waals surface area contributed by atoms with Crippen molar-refractivity contribution in [2.75, 3.05) is 23.3 Å². The van der Waals surface area contributed by atoms with Gasteiger partial charge < -0.3 is 10.2 Å². The molecule has 112 valence electrons. The Morgan fingerprint density at radius 1 is 1.14 bits per heavy atom. The van der Waals surface area contributed by atoms with Gasteiger partial charge in [0.2, 0.25) is 5.91 Å². The van der Waals surface area contributed by atoms with Crippen molar-refractivity contribution in [2.24, 2.45) is 0 Å². The molecule has 0 saturated heterocycles. The molecule has 0 spiro atoms. The lowest BCUT2D eigenvalue weighted by molar-refractivity contribution is -0.115. The Hall–Kier alpha value is -2.80. The zero-order chi connectivity index (χ0) is 15.8. The van der Waals surface area contributed by atoms with Crippen molar-refractivity contribution in [1.82, 2.24) is 0 Å². The third-order valence-electron chi connectivity index (χ3n) is 3.28. The monoisotopic (exact) mass is 293 g/mol. The number of nitrogens with one attached hydrogen (secondary N) is 1. The number of benzene rings is 2. The summed E-state index contributed by atoms with van der Waals surface area (Å²) in [6.45, 7) is 2.76. The summed E-state index contributed by atoms with van der Waals surface area (Å²) < 4.78 is 0. The van der Waals surface area contributed by atoms with Crippen LogP contribution in [0.3, 0.4) is 0 Å². The molecule has 0 saturated carbocycles. The SMILES string of the molecule is Cc1ccc(NC(=O)CN(CCC#N)c2ccccc2)cc1. The van der Waals surface area contributed by atoms with Gasteiger partial charge in [0.05, 0.1) is 19.0 Å². The van der Waals surface area contributed by atoms with Crippen molar-refractivity contribution in [1.29, 1.82) is 5.26 Å². The Morgan fingerprint density at radius 3 is 2.45 bits per heavy atom. The van der Waals surface area contributed by atoms with E-state index in [1.807, 2.05) is 66.4 Å². The molecule has 2 aromatic rings. The Morgan fingerprint density at radius 2 is 1.82 bits per heavy atom. The molecule has 1 amide bonds. The second-order valence-corrected chi connectivity index (χ2v) is 5.08. The molecule has 4 heteroatoms. The highest BCUT2D eigenvalue weighted by atomic mass is 16.2. The van der Waals surface area contributed by atoms with Crippen molar-refractivity contribution < 1.29 is 4.79 Å². The van der Waals surface area contributed by atoms with Gasteiger partial charge in [-0.3, -0.25) is 4.79 Å². The van der Waals surface area contributed by atoms with Gasteiger partial charge in [-0.25, -0.2) is 0 Å². The van der Waals surface area contributed by atoms with Crippen LogP contribution in [0.1, 0.15) is 12.0 Å². The summed E-state index contributed by atoms with van der Waals surface area (Å²) in [5.74, 6) is -0.0920. The molecule has 0 aromatic heterocycles. The maximum Gasteiger partial charge on any atom is 0.243 e. The molecule has 0 heterocycles. The molecule has 2 aromatic carbocycles. The third kappa shape index (κ3) is 4.64. The van der Waals surface area contributed by atoms with Gasteiger partial charge in [0.1, 0.15) is 0 Å². The number of carbonyl (C=O) groups is 1. The van der Waals surface area contributed by atoms with Crippen LogP contribution in [-0.2, 0) is 4.79 Å². The topological polar surface area (TPSA) is 56.1 Å². The zero-order valence-electron chi connectivity index (χ0n) is 12.6. The summed E-state index contributed by atoms with van der Waals surface area (Å²) in [5, 5.41) is 11.7. The van der Waals surface area contributed by atoms with Crippen LogP contribution in [0.2, 0.25) is 0 Å². The highest BCUT2D eigenvalue weighted by Crippen LogP contribution is 2.14. The van der Waals surface area contributed by atoms with E-state index < -0.39 is 0 Å². The Bertz CT molecular complexity index is 644. The van der Waals surface area contributed by atoms with Gasteiger partial charge >= 0.3 is 0 Å². The van der Waals surface area contributed by atoms with Gasteiger partial charge in [0, 0.05) is 17.9 Å². The highest BCUT2D eigenvalue weighted by Gasteiger charge is 2.11. The molecule has 0 aliphatic heterocycles. The van der Waals surface area contributed by atoms with Crippen LogP contribution >= 0.6 is 0 Å². The molecule has 0 fully saturated rings. The van der Waals surface area contributed by atoms with Crippen molar-refractivity contribution in [3.63, 3.8) is 0 Å². The van der Waals surface area contributed by atoms with E-state index in [0.29, 0.717) is 13.0 Å². The molecular formula is C18H19N3O. The van der Waals surface area contributed by atoms with E-state index in [-0.39, 0.29) is 12.5 Å². The van der Waals surface area contributed by atoms with E-state index in [2.05, 4.69) is 11.4 Å². The van der Waals surface area contributed by atoms with Crippen LogP contribution < -0.4 is 10.2 Å². The summed E-state index contributed by atoms with van der Waals surface area (Å²) >= 11 is 0. The van der Waals surface area contributed by atoms with Crippen molar-refractivity contribution in [2.45, 2.75) is 13.3 Å². The lowest BCUT2D eigenvalue weighted by atomic mass is 10.2. The number of carbonyl (C=O) groups excluding carboxylic acids is 1. The smallest absolute Gasteiger partial charge is 0.243 e. The lowest BCUT2D eigenvalue weighted by Crippen LogP contribution is -2.34. The molecule has 0 aliphatic carbocycles. The Kier molecular flexibility index (Phi) is 5.56. The first-order valence-electron chi connectivity index (χ1n) is 7.22. The molecule has 0 aliphatic rings. The van der Waals surface area contributed by atoms with Gasteiger partial charge in [-0.2, -0.15) is 5.26 Å². The average Bonchev–Trinajstić information content (AvgIpc) is 2.54. The molecule has 22 heavy (non-hydrogen) atoms. The van der Waals surface area contributed by atoms with Crippen LogP contribution in [0, 0.1) is 18.3 Å². The van der Waals surface area contributed by atoms with Crippen molar-refractivity contribution in [3.05, 3.63) is 60.2 Å². The van der Waals surface area contributed by atoms with Gasteiger partial charge in [0.25, 0.3) is 0 Å². The maximum atomic E-state index is 12.2. The van der Waals surface area contributed by atoms with Crippen LogP contribution in [-0.4, -0.2) is 19.0 Å². The summed E-state index contributed by atoms with van der Waals surface area (Å²) in [5.41, 5.74) is 2.87. The summed E-state index contributed by atoms with van der Waals surface area (Å²) in [6.07, 6.45) is 0.382. The van der Waals surface area contributed by atoms with E-state index in [1.54, 1.807) is 0 Å². The molecule has 0 unspecified atom stereocenters. The summed E-state index contributed by atoms with van der Waals surface area (Å²) in [4.78, 5) is 14.1.